The van der Waals surface area contributed by atoms with Crippen LogP contribution in [-0.4, -0.2) is 36.3 Å². The van der Waals surface area contributed by atoms with Gasteiger partial charge in [0.2, 0.25) is 0 Å². The predicted molar refractivity (Wildman–Crippen MR) is 66.7 cm³/mol. The van der Waals surface area contributed by atoms with Crippen LogP contribution in [0.3, 0.4) is 0 Å². The highest BCUT2D eigenvalue weighted by atomic mass is 16.6. The van der Waals surface area contributed by atoms with Crippen molar-refractivity contribution in [1.29, 1.82) is 0 Å². The molecule has 1 aliphatic rings. The van der Waals surface area contributed by atoms with Crippen LogP contribution in [0.2, 0.25) is 0 Å². The van der Waals surface area contributed by atoms with Gasteiger partial charge in [-0.3, -0.25) is 4.90 Å². The molecule has 0 aliphatic carbocycles. The van der Waals surface area contributed by atoms with Gasteiger partial charge in [0.15, 0.2) is 0 Å². The lowest BCUT2D eigenvalue weighted by Crippen LogP contribution is -2.47. The summed E-state index contributed by atoms with van der Waals surface area (Å²) in [5.74, 6) is 0.635. The van der Waals surface area contributed by atoms with E-state index in [9.17, 15) is 4.79 Å². The van der Waals surface area contributed by atoms with E-state index >= 15 is 0 Å². The summed E-state index contributed by atoms with van der Waals surface area (Å²) in [7, 11) is 1.59. The summed E-state index contributed by atoms with van der Waals surface area (Å²) in [5, 5.41) is 0. The molecule has 0 saturated carbocycles. The van der Waals surface area contributed by atoms with Crippen LogP contribution in [0.25, 0.3) is 0 Å². The number of amides is 1. The molecule has 1 atom stereocenters. The molecule has 0 radical (unpaired) electrons. The van der Waals surface area contributed by atoms with E-state index < -0.39 is 5.60 Å². The number of nitrogens with zero attached hydrogens (tertiary/aromatic N) is 1. The van der Waals surface area contributed by atoms with Crippen molar-refractivity contribution in [3.8, 4) is 0 Å². The van der Waals surface area contributed by atoms with Crippen molar-refractivity contribution in [2.45, 2.75) is 51.7 Å². The Kier molecular flexibility index (Phi) is 4.43. The van der Waals surface area contributed by atoms with Crippen LogP contribution in [-0.2, 0) is 9.47 Å². The Labute approximate surface area is 104 Å². The van der Waals surface area contributed by atoms with Crippen molar-refractivity contribution >= 4 is 6.09 Å². The minimum absolute atomic E-state index is 0.0522. The highest BCUT2D eigenvalue weighted by molar-refractivity contribution is 5.69. The Hall–Kier alpha value is -1.19. The van der Waals surface area contributed by atoms with Crippen molar-refractivity contribution in [2.75, 3.05) is 13.7 Å². The number of hydrogen-bond donors (Lipinski definition) is 0. The van der Waals surface area contributed by atoms with Crippen molar-refractivity contribution < 1.29 is 14.3 Å². The standard InChI is InChI=1S/C13H23NO3/c1-10(16-5)11-8-6-7-9-14(11)12(15)17-13(2,3)4/h11H,1,6-9H2,2-5H3. The molecule has 1 fully saturated rings. The second kappa shape index (κ2) is 5.43. The summed E-state index contributed by atoms with van der Waals surface area (Å²) in [6, 6.07) is -0.0522. The number of hydrogen-bond acceptors (Lipinski definition) is 3. The molecule has 1 unspecified atom stereocenters. The number of carbonyl (C=O) groups is 1. The zero-order valence-corrected chi connectivity index (χ0v) is 11.3. The average molecular weight is 241 g/mol. The Morgan fingerprint density at radius 1 is 1.35 bits per heavy atom. The van der Waals surface area contributed by atoms with E-state index in [1.807, 2.05) is 20.8 Å². The molecular formula is C13H23NO3. The lowest BCUT2D eigenvalue weighted by molar-refractivity contribution is 0.00812. The molecule has 1 amide bonds. The number of rotatable bonds is 2. The molecule has 17 heavy (non-hydrogen) atoms. The van der Waals surface area contributed by atoms with E-state index in [1.54, 1.807) is 12.0 Å². The fourth-order valence-electron chi connectivity index (χ4n) is 1.94. The quantitative estimate of drug-likeness (QED) is 0.698. The third-order valence-corrected chi connectivity index (χ3v) is 2.76. The normalized spacial score (nSPS) is 20.9. The van der Waals surface area contributed by atoms with Gasteiger partial charge in [0.05, 0.1) is 13.2 Å². The van der Waals surface area contributed by atoms with E-state index in [0.717, 1.165) is 19.3 Å². The number of methoxy groups -OCH3 is 1. The van der Waals surface area contributed by atoms with E-state index in [1.165, 1.54) is 0 Å². The Balaban J connectivity index is 2.71. The first kappa shape index (κ1) is 13.9. The first-order chi connectivity index (χ1) is 7.85. The maximum absolute atomic E-state index is 12.1. The fraction of sp³-hybridized carbons (Fsp3) is 0.769. The molecule has 0 aromatic heterocycles. The summed E-state index contributed by atoms with van der Waals surface area (Å²) in [6.45, 7) is 10.2. The minimum atomic E-state index is -0.465. The third kappa shape index (κ3) is 3.95. The minimum Gasteiger partial charge on any atom is -0.500 e. The predicted octanol–water partition coefficient (Wildman–Crippen LogP) is 2.94. The van der Waals surface area contributed by atoms with E-state index in [-0.39, 0.29) is 12.1 Å². The fourth-order valence-corrected chi connectivity index (χ4v) is 1.94. The van der Waals surface area contributed by atoms with Crippen molar-refractivity contribution in [1.82, 2.24) is 4.90 Å². The summed E-state index contributed by atoms with van der Waals surface area (Å²) in [4.78, 5) is 13.8. The monoisotopic (exact) mass is 241 g/mol. The Morgan fingerprint density at radius 2 is 2.00 bits per heavy atom. The van der Waals surface area contributed by atoms with Gasteiger partial charge in [0, 0.05) is 6.54 Å². The Morgan fingerprint density at radius 3 is 2.53 bits per heavy atom. The molecule has 1 rings (SSSR count). The molecule has 0 N–H and O–H groups in total. The third-order valence-electron chi connectivity index (χ3n) is 2.76. The van der Waals surface area contributed by atoms with Gasteiger partial charge >= 0.3 is 6.09 Å². The first-order valence-corrected chi connectivity index (χ1v) is 6.07. The van der Waals surface area contributed by atoms with Gasteiger partial charge in [-0.05, 0) is 40.0 Å². The van der Waals surface area contributed by atoms with E-state index in [0.29, 0.717) is 12.3 Å². The van der Waals surface area contributed by atoms with E-state index in [4.69, 9.17) is 9.47 Å². The van der Waals surface area contributed by atoms with Crippen LogP contribution in [0, 0.1) is 0 Å². The van der Waals surface area contributed by atoms with Crippen molar-refractivity contribution in [3.05, 3.63) is 12.3 Å². The molecule has 0 aromatic carbocycles. The van der Waals surface area contributed by atoms with Crippen molar-refractivity contribution in [3.63, 3.8) is 0 Å². The Bertz CT molecular complexity index is 294. The van der Waals surface area contributed by atoms with Crippen LogP contribution in [0.4, 0.5) is 4.79 Å². The molecule has 0 bridgehead atoms. The van der Waals surface area contributed by atoms with Gasteiger partial charge in [-0.15, -0.1) is 0 Å². The molecule has 1 heterocycles. The lowest BCUT2D eigenvalue weighted by Gasteiger charge is -2.36. The number of ether oxygens (including phenoxy) is 2. The highest BCUT2D eigenvalue weighted by Gasteiger charge is 2.32. The summed E-state index contributed by atoms with van der Waals surface area (Å²) >= 11 is 0. The summed E-state index contributed by atoms with van der Waals surface area (Å²) in [5.41, 5.74) is -0.465. The lowest BCUT2D eigenvalue weighted by atomic mass is 10.0. The van der Waals surface area contributed by atoms with Gasteiger partial charge in [0.25, 0.3) is 0 Å². The van der Waals surface area contributed by atoms with Crippen LogP contribution in [0.15, 0.2) is 12.3 Å². The molecule has 0 aromatic rings. The van der Waals surface area contributed by atoms with Crippen molar-refractivity contribution in [2.24, 2.45) is 0 Å². The molecule has 1 saturated heterocycles. The zero-order chi connectivity index (χ0) is 13.1. The van der Waals surface area contributed by atoms with Crippen LogP contribution < -0.4 is 0 Å². The SMILES string of the molecule is C=C(OC)C1CCCCN1C(=O)OC(C)(C)C. The first-order valence-electron chi connectivity index (χ1n) is 6.07. The van der Waals surface area contributed by atoms with Gasteiger partial charge in [-0.1, -0.05) is 6.58 Å². The number of carbonyl (C=O) groups excluding carboxylic acids is 1. The zero-order valence-electron chi connectivity index (χ0n) is 11.3. The maximum atomic E-state index is 12.1. The topological polar surface area (TPSA) is 38.8 Å². The van der Waals surface area contributed by atoms with Gasteiger partial charge in [-0.25, -0.2) is 4.79 Å². The second-order valence-electron chi connectivity index (χ2n) is 5.36. The number of piperidine rings is 1. The van der Waals surface area contributed by atoms with E-state index in [2.05, 4.69) is 6.58 Å². The van der Waals surface area contributed by atoms with Gasteiger partial charge in [0.1, 0.15) is 11.4 Å². The number of likely N-dealkylation sites (tertiary alicyclic amines) is 1. The molecule has 0 spiro atoms. The molecule has 4 heteroatoms. The second-order valence-corrected chi connectivity index (χ2v) is 5.36. The van der Waals surface area contributed by atoms with Crippen LogP contribution >= 0.6 is 0 Å². The van der Waals surface area contributed by atoms with Crippen LogP contribution in [0.1, 0.15) is 40.0 Å². The van der Waals surface area contributed by atoms with Gasteiger partial charge in [-0.2, -0.15) is 0 Å². The molecule has 4 nitrogen and oxygen atoms in total. The molecular weight excluding hydrogens is 218 g/mol. The highest BCUT2D eigenvalue weighted by Crippen LogP contribution is 2.24. The molecule has 1 aliphatic heterocycles. The van der Waals surface area contributed by atoms with Gasteiger partial charge < -0.3 is 9.47 Å². The summed E-state index contributed by atoms with van der Waals surface area (Å²) in [6.07, 6.45) is 2.71. The smallest absolute Gasteiger partial charge is 0.410 e. The summed E-state index contributed by atoms with van der Waals surface area (Å²) < 4.78 is 10.5. The maximum Gasteiger partial charge on any atom is 0.410 e. The molecule has 98 valence electrons. The van der Waals surface area contributed by atoms with Crippen LogP contribution in [0.5, 0.6) is 0 Å². The largest absolute Gasteiger partial charge is 0.500 e. The average Bonchev–Trinajstić information content (AvgIpc) is 2.25.